The molecule has 1 aliphatic rings. The van der Waals surface area contributed by atoms with Crippen molar-refractivity contribution in [3.8, 4) is 10.8 Å². The minimum Gasteiger partial charge on any atom is -0.388 e. The fraction of sp³-hybridized carbons (Fsp3) is 0.286. The normalized spacial score (nSPS) is 15.1. The fourth-order valence-corrected chi connectivity index (χ4v) is 4.78. The molecular formula is C14H13N3O4S2. The quantitative estimate of drug-likeness (QED) is 0.558. The summed E-state index contributed by atoms with van der Waals surface area (Å²) in [7, 11) is -9.46. The van der Waals surface area contributed by atoms with E-state index in [0.29, 0.717) is 0 Å². The first-order chi connectivity index (χ1) is 10.8. The van der Waals surface area contributed by atoms with Gasteiger partial charge in [0, 0.05) is 17.5 Å². The van der Waals surface area contributed by atoms with E-state index in [1.54, 1.807) is 12.1 Å². The van der Waals surface area contributed by atoms with Gasteiger partial charge in [0.2, 0.25) is 10.8 Å². The van der Waals surface area contributed by atoms with Crippen LogP contribution in [0.15, 0.2) is 24.3 Å². The number of nitrogens with zero attached hydrogens (tertiary/aromatic N) is 2. The monoisotopic (exact) mass is 351 g/mol. The van der Waals surface area contributed by atoms with Crippen LogP contribution in [-0.4, -0.2) is 23.4 Å². The van der Waals surface area contributed by atoms with Gasteiger partial charge < -0.3 is 5.32 Å². The molecule has 1 saturated heterocycles. The Bertz CT molecular complexity index is 965. The van der Waals surface area contributed by atoms with E-state index in [2.05, 4.69) is 5.32 Å². The van der Waals surface area contributed by atoms with Gasteiger partial charge in [-0.2, -0.15) is 10.5 Å². The average molecular weight is 351 g/mol. The Morgan fingerprint density at radius 1 is 0.957 bits per heavy atom. The van der Waals surface area contributed by atoms with Crippen molar-refractivity contribution in [3.05, 3.63) is 34.7 Å². The van der Waals surface area contributed by atoms with Crippen LogP contribution in [0.1, 0.15) is 19.3 Å². The first-order valence-electron chi connectivity index (χ1n) is 6.71. The van der Waals surface area contributed by atoms with E-state index in [9.17, 15) is 16.8 Å². The number of nitriles is 2. The van der Waals surface area contributed by atoms with Gasteiger partial charge in [-0.1, -0.05) is 24.3 Å². The molecule has 0 bridgehead atoms. The highest BCUT2D eigenvalue weighted by Gasteiger charge is 2.31. The molecule has 7 nitrogen and oxygen atoms in total. The fourth-order valence-electron chi connectivity index (χ4n) is 2.35. The van der Waals surface area contributed by atoms with Crippen molar-refractivity contribution in [2.45, 2.75) is 19.3 Å². The van der Waals surface area contributed by atoms with Gasteiger partial charge in [0.05, 0.1) is 0 Å². The molecule has 1 fully saturated rings. The maximum absolute atomic E-state index is 11.7. The molecule has 1 N–H and O–H groups in total. The summed E-state index contributed by atoms with van der Waals surface area (Å²) in [6, 6.07) is 5.72. The Hall–Kier alpha value is -2.36. The van der Waals surface area contributed by atoms with Gasteiger partial charge in [0.15, 0.2) is 4.24 Å². The van der Waals surface area contributed by atoms with Crippen molar-refractivity contribution in [1.82, 2.24) is 5.32 Å². The molecular weight excluding hydrogens is 338 g/mol. The molecule has 1 heterocycles. The molecule has 0 aromatic heterocycles. The summed E-state index contributed by atoms with van der Waals surface area (Å²) in [5.74, 6) is 0. The van der Waals surface area contributed by atoms with Crippen molar-refractivity contribution >= 4 is 29.6 Å². The van der Waals surface area contributed by atoms with Crippen molar-refractivity contribution in [3.63, 3.8) is 0 Å². The molecule has 0 saturated carbocycles. The summed E-state index contributed by atoms with van der Waals surface area (Å²) in [6.07, 6.45) is 2.95. The van der Waals surface area contributed by atoms with Crippen LogP contribution in [0, 0.1) is 21.3 Å². The highest BCUT2D eigenvalue weighted by molar-refractivity contribution is 8.25. The second-order valence-electron chi connectivity index (χ2n) is 4.92. The van der Waals surface area contributed by atoms with E-state index in [1.807, 2.05) is 0 Å². The number of hydrogen-bond acceptors (Lipinski definition) is 7. The van der Waals surface area contributed by atoms with Gasteiger partial charge in [0.25, 0.3) is 19.7 Å². The van der Waals surface area contributed by atoms with E-state index >= 15 is 0 Å². The van der Waals surface area contributed by atoms with Crippen molar-refractivity contribution in [1.29, 1.82) is 10.5 Å². The second-order valence-corrected chi connectivity index (χ2v) is 8.37. The maximum Gasteiger partial charge on any atom is 0.282 e. The third-order valence-corrected chi connectivity index (χ3v) is 6.63. The molecule has 9 heteroatoms. The minimum absolute atomic E-state index is 0.201. The lowest BCUT2D eigenvalue weighted by atomic mass is 10.1. The number of thiocyanates is 2. The van der Waals surface area contributed by atoms with E-state index in [-0.39, 0.29) is 5.22 Å². The van der Waals surface area contributed by atoms with Gasteiger partial charge in [-0.25, -0.2) is 16.8 Å². The van der Waals surface area contributed by atoms with Crippen LogP contribution in [0.3, 0.4) is 0 Å². The van der Waals surface area contributed by atoms with Gasteiger partial charge >= 0.3 is 0 Å². The summed E-state index contributed by atoms with van der Waals surface area (Å²) in [4.78, 5) is 0. The first-order valence-corrected chi connectivity index (χ1v) is 9.68. The van der Waals surface area contributed by atoms with E-state index < -0.39 is 23.9 Å². The van der Waals surface area contributed by atoms with Crippen LogP contribution in [0.5, 0.6) is 0 Å². The van der Waals surface area contributed by atoms with E-state index in [0.717, 1.165) is 47.5 Å². The van der Waals surface area contributed by atoms with Crippen LogP contribution >= 0.6 is 0 Å². The number of rotatable bonds is 2. The number of benzene rings is 1. The molecule has 23 heavy (non-hydrogen) atoms. The van der Waals surface area contributed by atoms with Gasteiger partial charge in [-0.05, 0) is 24.5 Å². The van der Waals surface area contributed by atoms with Crippen LogP contribution in [-0.2, 0) is 19.7 Å². The zero-order chi connectivity index (χ0) is 17.1. The predicted octanol–water partition coefficient (Wildman–Crippen LogP) is -0.574. The summed E-state index contributed by atoms with van der Waals surface area (Å²) >= 11 is 0. The third kappa shape index (κ3) is 3.52. The molecule has 0 spiro atoms. The molecule has 1 aromatic rings. The highest BCUT2D eigenvalue weighted by Crippen LogP contribution is 2.15. The zero-order valence-corrected chi connectivity index (χ0v) is 13.6. The number of sulfone groups is 2. The van der Waals surface area contributed by atoms with Crippen LogP contribution in [0.25, 0.3) is 9.93 Å². The summed E-state index contributed by atoms with van der Waals surface area (Å²) < 4.78 is 45.8. The van der Waals surface area contributed by atoms with Crippen molar-refractivity contribution < 1.29 is 16.8 Å². The molecule has 1 aliphatic heterocycles. The Kier molecular flexibility index (Phi) is 4.73. The minimum atomic E-state index is -4.73. The Labute approximate surface area is 134 Å². The lowest BCUT2D eigenvalue weighted by Crippen LogP contribution is -2.26. The molecule has 0 amide bonds. The molecule has 120 valence electrons. The topological polar surface area (TPSA) is 128 Å². The maximum atomic E-state index is 11.7. The van der Waals surface area contributed by atoms with Gasteiger partial charge in [0.1, 0.15) is 0 Å². The largest absolute Gasteiger partial charge is 0.388 e. The summed E-state index contributed by atoms with van der Waals surface area (Å²) in [5.41, 5.74) is 0.996. The van der Waals surface area contributed by atoms with Crippen molar-refractivity contribution in [2.24, 2.45) is 0 Å². The summed E-state index contributed by atoms with van der Waals surface area (Å²) in [6.45, 7) is 0.847. The van der Waals surface area contributed by atoms with Gasteiger partial charge in [-0.15, -0.1) is 0 Å². The number of nitrogens with one attached hydrogen (secondary N) is 1. The molecule has 0 atom stereocenters. The lowest BCUT2D eigenvalue weighted by molar-refractivity contribution is 0.609. The van der Waals surface area contributed by atoms with E-state index in [1.165, 1.54) is 12.1 Å². The first kappa shape index (κ1) is 17.0. The smallest absolute Gasteiger partial charge is 0.282 e. The van der Waals surface area contributed by atoms with E-state index in [4.69, 9.17) is 10.5 Å². The summed E-state index contributed by atoms with van der Waals surface area (Å²) in [5, 5.41) is 23.1. The molecule has 0 aliphatic carbocycles. The third-order valence-electron chi connectivity index (χ3n) is 3.39. The molecule has 0 unspecified atom stereocenters. The van der Waals surface area contributed by atoms with Gasteiger partial charge in [-0.3, -0.25) is 0 Å². The van der Waals surface area contributed by atoms with Crippen LogP contribution in [0.4, 0.5) is 0 Å². The molecule has 0 radical (unpaired) electrons. The Balaban J connectivity index is 2.77. The lowest BCUT2D eigenvalue weighted by Gasteiger charge is -2.16. The number of hydrogen-bond donors (Lipinski definition) is 1. The van der Waals surface area contributed by atoms with Crippen molar-refractivity contribution in [2.75, 3.05) is 6.54 Å². The number of piperidine rings is 1. The average Bonchev–Trinajstić information content (AvgIpc) is 2.56. The predicted molar refractivity (Wildman–Crippen MR) is 83.4 cm³/mol. The molecule has 1 aromatic carbocycles. The van der Waals surface area contributed by atoms with Crippen LogP contribution < -0.4 is 15.8 Å². The SMILES string of the molecule is N#CS(=O)(=O)C(=c1ccc(=C2CCCCN2)cc1)S(=O)(=O)C#N. The van der Waals surface area contributed by atoms with Crippen LogP contribution in [0.2, 0.25) is 0 Å². The Morgan fingerprint density at radius 2 is 1.52 bits per heavy atom. The highest BCUT2D eigenvalue weighted by atomic mass is 32.3. The zero-order valence-electron chi connectivity index (χ0n) is 12.0. The Morgan fingerprint density at radius 3 is 1.96 bits per heavy atom. The molecule has 2 rings (SSSR count). The standard InChI is InChI=1S/C14H13N3O4S2/c15-9-22(18,19)14(23(20,21)10-16)12-6-4-11(5-7-12)13-3-1-2-8-17-13/h4-7,17H,1-3,8H2. The second kappa shape index (κ2) is 6.41.